The van der Waals surface area contributed by atoms with Gasteiger partial charge >= 0.3 is 0 Å². The van der Waals surface area contributed by atoms with Gasteiger partial charge in [-0.3, -0.25) is 14.3 Å². The van der Waals surface area contributed by atoms with E-state index in [4.69, 9.17) is 5.73 Å². The second-order valence-corrected chi connectivity index (χ2v) is 11.3. The Hall–Kier alpha value is -5.90. The molecule has 3 aromatic heterocycles. The molecular weight excluding hydrogens is 564 g/mol. The third-order valence-electron chi connectivity index (χ3n) is 8.20. The lowest BCUT2D eigenvalue weighted by molar-refractivity contribution is 0.0783. The number of carbonyl (C=O) groups is 2. The van der Waals surface area contributed by atoms with E-state index in [0.717, 1.165) is 44.5 Å². The molecule has 0 radical (unpaired) electrons. The number of aromatic nitrogens is 4. The standard InChI is InChI=1S/C35H32N8O2/c1-42-20-27(19-39-42)26-17-31(33(36)38-18-26)34(44)41-30-13-15-43(21-30)35(45)24-4-2-22(3-5-24)23-6-8-28(9-7-23)40-29-10-11-32-25(16-29)12-14-37-32/h2-12,14,16-20,30,37,40H,13,15,21H2,1H3,(H2,36,38)(H,41,44). The second kappa shape index (κ2) is 11.6. The van der Waals surface area contributed by atoms with Crippen LogP contribution in [0.3, 0.4) is 0 Å². The van der Waals surface area contributed by atoms with Crippen LogP contribution >= 0.6 is 0 Å². The van der Waals surface area contributed by atoms with Gasteiger partial charge < -0.3 is 26.3 Å². The number of hydrogen-bond donors (Lipinski definition) is 4. The molecule has 7 rings (SSSR count). The molecule has 10 heteroatoms. The normalized spacial score (nSPS) is 14.5. The minimum absolute atomic E-state index is 0.0583. The summed E-state index contributed by atoms with van der Waals surface area (Å²) in [7, 11) is 1.83. The van der Waals surface area contributed by atoms with E-state index >= 15 is 0 Å². The van der Waals surface area contributed by atoms with Crippen LogP contribution < -0.4 is 16.4 Å². The van der Waals surface area contributed by atoms with Gasteiger partial charge in [0.25, 0.3) is 11.8 Å². The van der Waals surface area contributed by atoms with Crippen LogP contribution in [0.5, 0.6) is 0 Å². The van der Waals surface area contributed by atoms with Gasteiger partial charge in [0.2, 0.25) is 0 Å². The summed E-state index contributed by atoms with van der Waals surface area (Å²) in [5.41, 5.74) is 13.8. The van der Waals surface area contributed by atoms with Crippen molar-refractivity contribution in [2.24, 2.45) is 7.05 Å². The number of likely N-dealkylation sites (tertiary alicyclic amines) is 1. The molecule has 45 heavy (non-hydrogen) atoms. The Kier molecular flexibility index (Phi) is 7.22. The summed E-state index contributed by atoms with van der Waals surface area (Å²) in [5.74, 6) is -0.208. The Morgan fingerprint density at radius 3 is 2.40 bits per heavy atom. The monoisotopic (exact) mass is 596 g/mol. The number of H-pyrrole nitrogens is 1. The molecule has 1 aliphatic heterocycles. The summed E-state index contributed by atoms with van der Waals surface area (Å²) < 4.78 is 1.69. The van der Waals surface area contributed by atoms with E-state index in [0.29, 0.717) is 30.6 Å². The van der Waals surface area contributed by atoms with Crippen LogP contribution in [0.15, 0.2) is 104 Å². The fraction of sp³-hybridized carbons (Fsp3) is 0.143. The maximum atomic E-state index is 13.3. The lowest BCUT2D eigenvalue weighted by Gasteiger charge is -2.18. The van der Waals surface area contributed by atoms with Crippen LogP contribution in [0.4, 0.5) is 17.2 Å². The second-order valence-electron chi connectivity index (χ2n) is 11.3. The number of nitrogens with zero attached hydrogens (tertiary/aromatic N) is 4. The van der Waals surface area contributed by atoms with Crippen molar-refractivity contribution in [3.05, 3.63) is 115 Å². The topological polar surface area (TPSA) is 134 Å². The molecule has 224 valence electrons. The smallest absolute Gasteiger partial charge is 0.255 e. The number of nitrogens with one attached hydrogen (secondary N) is 3. The van der Waals surface area contributed by atoms with Gasteiger partial charge in [-0.05, 0) is 72.1 Å². The van der Waals surface area contributed by atoms with Crippen LogP contribution in [0, 0.1) is 0 Å². The Bertz CT molecular complexity index is 2010. The third kappa shape index (κ3) is 5.85. The Balaban J connectivity index is 0.958. The molecule has 5 N–H and O–H groups in total. The zero-order chi connectivity index (χ0) is 30.9. The fourth-order valence-corrected chi connectivity index (χ4v) is 5.74. The summed E-state index contributed by atoms with van der Waals surface area (Å²) in [6.45, 7) is 0.980. The lowest BCUT2D eigenvalue weighted by atomic mass is 10.0. The van der Waals surface area contributed by atoms with E-state index in [1.165, 1.54) is 0 Å². The van der Waals surface area contributed by atoms with Crippen molar-refractivity contribution in [2.75, 3.05) is 24.1 Å². The van der Waals surface area contributed by atoms with E-state index < -0.39 is 0 Å². The maximum Gasteiger partial charge on any atom is 0.255 e. The first-order chi connectivity index (χ1) is 21.9. The molecule has 1 saturated heterocycles. The molecule has 3 aromatic carbocycles. The highest BCUT2D eigenvalue weighted by Gasteiger charge is 2.29. The van der Waals surface area contributed by atoms with Gasteiger partial charge in [-0.25, -0.2) is 4.98 Å². The zero-order valence-electron chi connectivity index (χ0n) is 24.7. The third-order valence-corrected chi connectivity index (χ3v) is 8.20. The first kappa shape index (κ1) is 27.9. The van der Waals surface area contributed by atoms with E-state index in [1.807, 2.05) is 55.8 Å². The summed E-state index contributed by atoms with van der Waals surface area (Å²) in [6.07, 6.45) is 7.78. The Morgan fingerprint density at radius 2 is 1.64 bits per heavy atom. The summed E-state index contributed by atoms with van der Waals surface area (Å²) in [6, 6.07) is 25.7. The van der Waals surface area contributed by atoms with E-state index in [2.05, 4.69) is 62.1 Å². The molecule has 0 bridgehead atoms. The number of hydrogen-bond acceptors (Lipinski definition) is 6. The first-order valence-corrected chi connectivity index (χ1v) is 14.8. The minimum Gasteiger partial charge on any atom is -0.383 e. The number of benzene rings is 3. The summed E-state index contributed by atoms with van der Waals surface area (Å²) >= 11 is 0. The van der Waals surface area contributed by atoms with Gasteiger partial charge in [-0.2, -0.15) is 5.10 Å². The predicted molar refractivity (Wildman–Crippen MR) is 176 cm³/mol. The van der Waals surface area contributed by atoms with Gasteiger partial charge in [0.1, 0.15) is 5.82 Å². The molecule has 1 fully saturated rings. The lowest BCUT2D eigenvalue weighted by Crippen LogP contribution is -2.38. The van der Waals surface area contributed by atoms with Crippen molar-refractivity contribution < 1.29 is 9.59 Å². The van der Waals surface area contributed by atoms with E-state index in [9.17, 15) is 9.59 Å². The van der Waals surface area contributed by atoms with E-state index in [-0.39, 0.29) is 23.7 Å². The van der Waals surface area contributed by atoms with Crippen molar-refractivity contribution in [1.82, 2.24) is 30.0 Å². The first-order valence-electron chi connectivity index (χ1n) is 14.8. The zero-order valence-corrected chi connectivity index (χ0v) is 24.7. The van der Waals surface area contributed by atoms with Gasteiger partial charge in [0.05, 0.1) is 11.8 Å². The number of carbonyl (C=O) groups excluding carboxylic acids is 2. The highest BCUT2D eigenvalue weighted by atomic mass is 16.2. The van der Waals surface area contributed by atoms with E-state index in [1.54, 1.807) is 28.0 Å². The van der Waals surface area contributed by atoms with Crippen molar-refractivity contribution in [2.45, 2.75) is 12.5 Å². The van der Waals surface area contributed by atoms with Crippen molar-refractivity contribution in [3.8, 4) is 22.3 Å². The highest BCUT2D eigenvalue weighted by molar-refractivity contribution is 6.00. The van der Waals surface area contributed by atoms with Crippen molar-refractivity contribution in [3.63, 3.8) is 0 Å². The summed E-state index contributed by atoms with van der Waals surface area (Å²) in [5, 5.41) is 11.8. The largest absolute Gasteiger partial charge is 0.383 e. The number of amides is 2. The molecule has 6 aromatic rings. The molecule has 1 atom stereocenters. The van der Waals surface area contributed by atoms with Crippen molar-refractivity contribution >= 4 is 39.9 Å². The van der Waals surface area contributed by atoms with Crippen LogP contribution in [0.2, 0.25) is 0 Å². The number of nitrogen functional groups attached to an aromatic ring is 1. The molecular formula is C35H32N8O2. The Labute approximate surface area is 259 Å². The highest BCUT2D eigenvalue weighted by Crippen LogP contribution is 2.27. The minimum atomic E-state index is -0.308. The van der Waals surface area contributed by atoms with Crippen molar-refractivity contribution in [1.29, 1.82) is 0 Å². The number of rotatable bonds is 7. The van der Waals surface area contributed by atoms with Gasteiger partial charge in [0, 0.05) is 83.7 Å². The quantitative estimate of drug-likeness (QED) is 0.190. The molecule has 4 heterocycles. The number of aryl methyl sites for hydroxylation is 1. The average Bonchev–Trinajstić information content (AvgIpc) is 3.83. The number of pyridine rings is 1. The molecule has 10 nitrogen and oxygen atoms in total. The van der Waals surface area contributed by atoms with Gasteiger partial charge in [-0.15, -0.1) is 0 Å². The van der Waals surface area contributed by atoms with Gasteiger partial charge in [0.15, 0.2) is 0 Å². The summed E-state index contributed by atoms with van der Waals surface area (Å²) in [4.78, 5) is 35.6. The molecule has 1 aliphatic rings. The number of aromatic amines is 1. The maximum absolute atomic E-state index is 13.3. The van der Waals surface area contributed by atoms with Gasteiger partial charge in [-0.1, -0.05) is 24.3 Å². The van der Waals surface area contributed by atoms with Crippen LogP contribution in [0.25, 0.3) is 33.2 Å². The molecule has 0 saturated carbocycles. The molecule has 0 spiro atoms. The number of anilines is 3. The fourth-order valence-electron chi connectivity index (χ4n) is 5.74. The molecule has 2 amide bonds. The van der Waals surface area contributed by atoms with Crippen LogP contribution in [-0.2, 0) is 7.05 Å². The SMILES string of the molecule is Cn1cc(-c2cnc(N)c(C(=O)NC3CCN(C(=O)c4ccc(-c5ccc(Nc6ccc7[nH]ccc7c6)cc5)cc4)C3)c2)cn1. The number of fused-ring (bicyclic) bond motifs is 1. The molecule has 1 unspecified atom stereocenters. The average molecular weight is 597 g/mol. The van der Waals surface area contributed by atoms with Crippen LogP contribution in [0.1, 0.15) is 27.1 Å². The predicted octanol–water partition coefficient (Wildman–Crippen LogP) is 5.60. The number of nitrogens with two attached hydrogens (primary N) is 1. The molecule has 0 aliphatic carbocycles. The Morgan fingerprint density at radius 1 is 0.889 bits per heavy atom. The van der Waals surface area contributed by atoms with Crippen LogP contribution in [-0.4, -0.2) is 55.6 Å².